The lowest BCUT2D eigenvalue weighted by molar-refractivity contribution is 0.0520. The van der Waals surface area contributed by atoms with E-state index in [9.17, 15) is 9.18 Å². The number of aryl methyl sites for hydroxylation is 2. The third-order valence-electron chi connectivity index (χ3n) is 4.60. The summed E-state index contributed by atoms with van der Waals surface area (Å²) in [6.07, 6.45) is 0. The first-order valence-electron chi connectivity index (χ1n) is 7.91. The fourth-order valence-corrected chi connectivity index (χ4v) is 3.52. The summed E-state index contributed by atoms with van der Waals surface area (Å²) >= 11 is 0. The molecule has 2 aromatic heterocycles. The van der Waals surface area contributed by atoms with Gasteiger partial charge < -0.3 is 14.7 Å². The Balaban J connectivity index is 2.07. The van der Waals surface area contributed by atoms with Gasteiger partial charge in [0.15, 0.2) is 0 Å². The van der Waals surface area contributed by atoms with Crippen LogP contribution in [0, 0.1) is 19.7 Å². The number of hydrogen-bond donors (Lipinski definition) is 2. The highest BCUT2D eigenvalue weighted by atomic mass is 19.1. The summed E-state index contributed by atoms with van der Waals surface area (Å²) in [7, 11) is 0. The van der Waals surface area contributed by atoms with E-state index >= 15 is 0 Å². The quantitative estimate of drug-likeness (QED) is 0.523. The highest BCUT2D eigenvalue weighted by molar-refractivity contribution is 6.15. The number of carbonyl (C=O) groups is 1. The molecule has 24 heavy (non-hydrogen) atoms. The molecule has 5 heteroatoms. The number of benzene rings is 2. The number of aromatic nitrogens is 2. The lowest BCUT2D eigenvalue weighted by atomic mass is 10.0. The molecule has 2 N–H and O–H groups in total. The van der Waals surface area contributed by atoms with E-state index in [0.29, 0.717) is 12.3 Å². The summed E-state index contributed by atoms with van der Waals surface area (Å²) in [5.74, 6) is -0.612. The molecule has 4 rings (SSSR count). The van der Waals surface area contributed by atoms with E-state index in [0.717, 1.165) is 43.8 Å². The number of rotatable bonds is 2. The number of carbonyl (C=O) groups excluding carboxylic acids is 1. The van der Waals surface area contributed by atoms with Crippen LogP contribution in [0.3, 0.4) is 0 Å². The van der Waals surface area contributed by atoms with Crippen LogP contribution in [0.15, 0.2) is 24.3 Å². The van der Waals surface area contributed by atoms with E-state index in [-0.39, 0.29) is 11.8 Å². The number of halogens is 1. The maximum absolute atomic E-state index is 13.5. The number of nitrogens with one attached hydrogen (secondary N) is 2. The Labute approximate surface area is 137 Å². The van der Waals surface area contributed by atoms with E-state index in [1.807, 2.05) is 19.9 Å². The molecule has 0 unspecified atom stereocenters. The highest BCUT2D eigenvalue weighted by Crippen LogP contribution is 2.35. The maximum atomic E-state index is 13.5. The molecule has 0 fully saturated rings. The van der Waals surface area contributed by atoms with Crippen LogP contribution in [-0.4, -0.2) is 22.5 Å². The predicted molar refractivity (Wildman–Crippen MR) is 93.0 cm³/mol. The molecule has 0 spiro atoms. The zero-order chi connectivity index (χ0) is 17.0. The van der Waals surface area contributed by atoms with Crippen LogP contribution in [0.5, 0.6) is 0 Å². The van der Waals surface area contributed by atoms with Crippen LogP contribution in [-0.2, 0) is 4.74 Å². The molecule has 0 aliphatic heterocycles. The second-order valence-electron chi connectivity index (χ2n) is 6.01. The lowest BCUT2D eigenvalue weighted by Crippen LogP contribution is -2.06. The number of aromatic amines is 2. The standard InChI is InChI=1S/C19H17FN2O2/c1-4-24-19(23)18-10(3)16-9(2)17-13(8-15(16)22-18)12-6-5-11(20)7-14(12)21-17/h5-8,21-22H,4H2,1-3H3. The third kappa shape index (κ3) is 1.94. The first kappa shape index (κ1) is 14.8. The molecule has 0 saturated carbocycles. The largest absolute Gasteiger partial charge is 0.461 e. The van der Waals surface area contributed by atoms with Gasteiger partial charge in [-0.2, -0.15) is 0 Å². The van der Waals surface area contributed by atoms with Crippen molar-refractivity contribution < 1.29 is 13.9 Å². The second-order valence-corrected chi connectivity index (χ2v) is 6.01. The SMILES string of the molecule is CCOC(=O)c1[nH]c2cc3c([nH]c4cc(F)ccc43)c(C)c2c1C. The van der Waals surface area contributed by atoms with Crippen molar-refractivity contribution in [1.82, 2.24) is 9.97 Å². The topological polar surface area (TPSA) is 57.9 Å². The Bertz CT molecular complexity index is 1120. The van der Waals surface area contributed by atoms with Crippen LogP contribution in [0.25, 0.3) is 32.7 Å². The molecule has 0 radical (unpaired) electrons. The number of ether oxygens (including phenoxy) is 1. The molecule has 122 valence electrons. The van der Waals surface area contributed by atoms with Crippen LogP contribution < -0.4 is 0 Å². The lowest BCUT2D eigenvalue weighted by Gasteiger charge is -2.02. The van der Waals surface area contributed by atoms with Gasteiger partial charge >= 0.3 is 5.97 Å². The Morgan fingerprint density at radius 1 is 1.08 bits per heavy atom. The minimum Gasteiger partial charge on any atom is -0.461 e. The van der Waals surface area contributed by atoms with Crippen LogP contribution in [0.4, 0.5) is 4.39 Å². The van der Waals surface area contributed by atoms with Gasteiger partial charge in [0.1, 0.15) is 11.5 Å². The van der Waals surface area contributed by atoms with E-state index in [1.54, 1.807) is 13.0 Å². The van der Waals surface area contributed by atoms with Crippen LogP contribution in [0.1, 0.15) is 28.5 Å². The Hall–Kier alpha value is -2.82. The van der Waals surface area contributed by atoms with E-state index in [4.69, 9.17) is 4.74 Å². The first-order chi connectivity index (χ1) is 11.5. The molecule has 0 atom stereocenters. The van der Waals surface area contributed by atoms with Crippen LogP contribution >= 0.6 is 0 Å². The third-order valence-corrected chi connectivity index (χ3v) is 4.60. The molecular weight excluding hydrogens is 307 g/mol. The van der Waals surface area contributed by atoms with Crippen molar-refractivity contribution in [2.75, 3.05) is 6.61 Å². The summed E-state index contributed by atoms with van der Waals surface area (Å²) in [6.45, 7) is 6.04. The average Bonchev–Trinajstić information content (AvgIpc) is 3.06. The van der Waals surface area contributed by atoms with Gasteiger partial charge in [0, 0.05) is 27.2 Å². The smallest absolute Gasteiger partial charge is 0.355 e. The summed E-state index contributed by atoms with van der Waals surface area (Å²) < 4.78 is 18.6. The molecule has 0 aliphatic carbocycles. The van der Waals surface area contributed by atoms with Gasteiger partial charge in [-0.25, -0.2) is 9.18 Å². The molecule has 0 amide bonds. The van der Waals surface area contributed by atoms with E-state index in [2.05, 4.69) is 9.97 Å². The fourth-order valence-electron chi connectivity index (χ4n) is 3.52. The fraction of sp³-hybridized carbons (Fsp3) is 0.211. The molecular formula is C19H17FN2O2. The summed E-state index contributed by atoms with van der Waals surface area (Å²) in [6, 6.07) is 6.74. The van der Waals surface area contributed by atoms with Crippen molar-refractivity contribution in [3.8, 4) is 0 Å². The van der Waals surface area contributed by atoms with Gasteiger partial charge in [-0.15, -0.1) is 0 Å². The zero-order valence-electron chi connectivity index (χ0n) is 13.7. The van der Waals surface area contributed by atoms with E-state index < -0.39 is 0 Å². The number of fused-ring (bicyclic) bond motifs is 4. The molecule has 2 heterocycles. The van der Waals surface area contributed by atoms with Crippen molar-refractivity contribution in [3.05, 3.63) is 46.9 Å². The maximum Gasteiger partial charge on any atom is 0.355 e. The van der Waals surface area contributed by atoms with Gasteiger partial charge in [-0.3, -0.25) is 0 Å². The summed E-state index contributed by atoms with van der Waals surface area (Å²) in [5, 5.41) is 2.96. The van der Waals surface area contributed by atoms with Crippen molar-refractivity contribution in [2.24, 2.45) is 0 Å². The zero-order valence-corrected chi connectivity index (χ0v) is 13.7. The minimum atomic E-state index is -0.346. The van der Waals surface area contributed by atoms with Gasteiger partial charge in [0.2, 0.25) is 0 Å². The summed E-state index contributed by atoms with van der Waals surface area (Å²) in [5.41, 5.74) is 4.99. The number of H-pyrrole nitrogens is 2. The number of esters is 1. The first-order valence-corrected chi connectivity index (χ1v) is 7.91. The normalized spacial score (nSPS) is 11.7. The summed E-state index contributed by atoms with van der Waals surface area (Å²) in [4.78, 5) is 18.6. The average molecular weight is 324 g/mol. The van der Waals surface area contributed by atoms with Gasteiger partial charge in [-0.1, -0.05) is 0 Å². The van der Waals surface area contributed by atoms with E-state index in [1.165, 1.54) is 12.1 Å². The Morgan fingerprint density at radius 3 is 2.62 bits per heavy atom. The number of hydrogen-bond acceptors (Lipinski definition) is 2. The molecule has 4 nitrogen and oxygen atoms in total. The Morgan fingerprint density at radius 2 is 1.88 bits per heavy atom. The molecule has 0 bridgehead atoms. The highest BCUT2D eigenvalue weighted by Gasteiger charge is 2.19. The second kappa shape index (κ2) is 5.09. The Kier molecular flexibility index (Phi) is 3.13. The van der Waals surface area contributed by atoms with Crippen molar-refractivity contribution >= 4 is 38.7 Å². The van der Waals surface area contributed by atoms with Gasteiger partial charge in [-0.05, 0) is 56.2 Å². The van der Waals surface area contributed by atoms with Crippen molar-refractivity contribution in [3.63, 3.8) is 0 Å². The van der Waals surface area contributed by atoms with Gasteiger partial charge in [0.05, 0.1) is 12.1 Å². The monoisotopic (exact) mass is 324 g/mol. The van der Waals surface area contributed by atoms with Crippen molar-refractivity contribution in [2.45, 2.75) is 20.8 Å². The molecule has 0 aliphatic rings. The van der Waals surface area contributed by atoms with Gasteiger partial charge in [0.25, 0.3) is 0 Å². The molecule has 0 saturated heterocycles. The van der Waals surface area contributed by atoms with Crippen LogP contribution in [0.2, 0.25) is 0 Å². The minimum absolute atomic E-state index is 0.266. The predicted octanol–water partition coefficient (Wildman–Crippen LogP) is 4.74. The van der Waals surface area contributed by atoms with Crippen molar-refractivity contribution in [1.29, 1.82) is 0 Å². The molecule has 2 aromatic carbocycles. The molecule has 4 aromatic rings.